The Labute approximate surface area is 148 Å². The van der Waals surface area contributed by atoms with Crippen molar-refractivity contribution in [1.29, 1.82) is 0 Å². The van der Waals surface area contributed by atoms with E-state index in [2.05, 4.69) is 6.92 Å². The predicted molar refractivity (Wildman–Crippen MR) is 94.3 cm³/mol. The van der Waals surface area contributed by atoms with E-state index in [0.29, 0.717) is 39.1 Å². The molecule has 2 aliphatic heterocycles. The molecule has 2 amide bonds. The number of hydrogen-bond donors (Lipinski definition) is 0. The van der Waals surface area contributed by atoms with Crippen LogP contribution in [0.25, 0.3) is 0 Å². The highest BCUT2D eigenvalue weighted by Crippen LogP contribution is 2.31. The molecule has 0 aliphatic carbocycles. The third-order valence-electron chi connectivity index (χ3n) is 5.02. The molecule has 2 fully saturated rings. The molecule has 6 nitrogen and oxygen atoms in total. The Morgan fingerprint density at radius 2 is 1.72 bits per heavy atom. The summed E-state index contributed by atoms with van der Waals surface area (Å²) in [6.07, 6.45) is 2.31. The van der Waals surface area contributed by atoms with Gasteiger partial charge in [-0.25, -0.2) is 0 Å². The number of piperidine rings is 1. The van der Waals surface area contributed by atoms with Crippen LogP contribution < -0.4 is 4.90 Å². The van der Waals surface area contributed by atoms with Crippen molar-refractivity contribution in [3.8, 4) is 0 Å². The van der Waals surface area contributed by atoms with Gasteiger partial charge in [0.2, 0.25) is 11.8 Å². The Kier molecular flexibility index (Phi) is 5.39. The lowest BCUT2D eigenvalue weighted by molar-refractivity contribution is -0.187. The number of hydrogen-bond acceptors (Lipinski definition) is 4. The highest BCUT2D eigenvalue weighted by Gasteiger charge is 2.40. The highest BCUT2D eigenvalue weighted by molar-refractivity contribution is 5.97. The molecule has 1 spiro atoms. The van der Waals surface area contributed by atoms with Crippen LogP contribution >= 0.6 is 0 Å². The Hall–Kier alpha value is -1.92. The molecule has 136 valence electrons. The molecule has 0 unspecified atom stereocenters. The van der Waals surface area contributed by atoms with Crippen LogP contribution in [0.4, 0.5) is 5.69 Å². The van der Waals surface area contributed by atoms with Gasteiger partial charge in [0.1, 0.15) is 6.54 Å². The number of nitrogens with zero attached hydrogens (tertiary/aromatic N) is 2. The molecule has 2 heterocycles. The minimum absolute atomic E-state index is 0.0392. The lowest BCUT2D eigenvalue weighted by Gasteiger charge is -2.38. The molecule has 25 heavy (non-hydrogen) atoms. The Balaban J connectivity index is 1.62. The molecule has 1 aromatic rings. The molecule has 2 aliphatic rings. The number of benzene rings is 1. The van der Waals surface area contributed by atoms with E-state index in [1.54, 1.807) is 4.90 Å². The van der Waals surface area contributed by atoms with Gasteiger partial charge in [-0.2, -0.15) is 0 Å². The minimum Gasteiger partial charge on any atom is -0.347 e. The molecule has 2 saturated heterocycles. The van der Waals surface area contributed by atoms with Gasteiger partial charge in [-0.15, -0.1) is 0 Å². The molecular formula is C19H26N2O4. The van der Waals surface area contributed by atoms with Gasteiger partial charge in [0.05, 0.1) is 13.2 Å². The summed E-state index contributed by atoms with van der Waals surface area (Å²) in [7, 11) is 0. The van der Waals surface area contributed by atoms with Crippen molar-refractivity contribution >= 4 is 17.5 Å². The number of carbonyl (C=O) groups excluding carboxylic acids is 2. The van der Waals surface area contributed by atoms with E-state index in [4.69, 9.17) is 9.47 Å². The molecular weight excluding hydrogens is 320 g/mol. The first-order valence-electron chi connectivity index (χ1n) is 8.96. The number of anilines is 1. The quantitative estimate of drug-likeness (QED) is 0.836. The van der Waals surface area contributed by atoms with Crippen LogP contribution in [0.15, 0.2) is 24.3 Å². The van der Waals surface area contributed by atoms with E-state index in [-0.39, 0.29) is 18.4 Å². The first kappa shape index (κ1) is 17.9. The number of carbonyl (C=O) groups is 2. The fourth-order valence-corrected chi connectivity index (χ4v) is 3.41. The second-order valence-electron chi connectivity index (χ2n) is 6.61. The van der Waals surface area contributed by atoms with Crippen molar-refractivity contribution in [3.63, 3.8) is 0 Å². The van der Waals surface area contributed by atoms with E-state index in [9.17, 15) is 9.59 Å². The van der Waals surface area contributed by atoms with Gasteiger partial charge in [0.25, 0.3) is 0 Å². The van der Waals surface area contributed by atoms with Gasteiger partial charge >= 0.3 is 0 Å². The van der Waals surface area contributed by atoms with Gasteiger partial charge in [0, 0.05) is 38.5 Å². The fraction of sp³-hybridized carbons (Fsp3) is 0.579. The smallest absolute Gasteiger partial charge is 0.242 e. The molecule has 0 radical (unpaired) electrons. The van der Waals surface area contributed by atoms with Crippen molar-refractivity contribution < 1.29 is 19.1 Å². The zero-order chi connectivity index (χ0) is 17.9. The van der Waals surface area contributed by atoms with Crippen molar-refractivity contribution in [1.82, 2.24) is 4.90 Å². The summed E-state index contributed by atoms with van der Waals surface area (Å²) in [6, 6.07) is 7.79. The Morgan fingerprint density at radius 3 is 2.24 bits per heavy atom. The second-order valence-corrected chi connectivity index (χ2v) is 6.61. The van der Waals surface area contributed by atoms with E-state index in [1.807, 2.05) is 24.3 Å². The largest absolute Gasteiger partial charge is 0.347 e. The summed E-state index contributed by atoms with van der Waals surface area (Å²) in [6.45, 7) is 6.09. The SMILES string of the molecule is CCc1ccc(N(CC(=O)N2CCC3(CC2)OCCO3)C(C)=O)cc1. The standard InChI is InChI=1S/C19H26N2O4/c1-3-16-4-6-17(7-5-16)21(15(2)22)14-18(23)20-10-8-19(9-11-20)24-12-13-25-19/h4-7H,3,8-14H2,1-2H3. The lowest BCUT2D eigenvalue weighted by atomic mass is 10.0. The lowest BCUT2D eigenvalue weighted by Crippen LogP contribution is -2.50. The third kappa shape index (κ3) is 4.02. The highest BCUT2D eigenvalue weighted by atomic mass is 16.7. The van der Waals surface area contributed by atoms with Crippen molar-refractivity contribution in [2.75, 3.05) is 37.7 Å². The third-order valence-corrected chi connectivity index (χ3v) is 5.02. The number of ether oxygens (including phenoxy) is 2. The number of amides is 2. The molecule has 6 heteroatoms. The number of rotatable bonds is 4. The monoisotopic (exact) mass is 346 g/mol. The fourth-order valence-electron chi connectivity index (χ4n) is 3.41. The van der Waals surface area contributed by atoms with Crippen LogP contribution in [0.3, 0.4) is 0 Å². The molecule has 0 N–H and O–H groups in total. The summed E-state index contributed by atoms with van der Waals surface area (Å²) in [4.78, 5) is 28.0. The molecule has 0 saturated carbocycles. The second kappa shape index (κ2) is 7.54. The summed E-state index contributed by atoms with van der Waals surface area (Å²) < 4.78 is 11.4. The van der Waals surface area contributed by atoms with Crippen molar-refractivity contribution in [3.05, 3.63) is 29.8 Å². The summed E-state index contributed by atoms with van der Waals surface area (Å²) >= 11 is 0. The van der Waals surface area contributed by atoms with Gasteiger partial charge in [0.15, 0.2) is 5.79 Å². The maximum absolute atomic E-state index is 12.7. The van der Waals surface area contributed by atoms with E-state index in [1.165, 1.54) is 17.4 Å². The molecule has 3 rings (SSSR count). The van der Waals surface area contributed by atoms with Crippen molar-refractivity contribution in [2.45, 2.75) is 38.9 Å². The van der Waals surface area contributed by atoms with Gasteiger partial charge in [-0.05, 0) is 24.1 Å². The van der Waals surface area contributed by atoms with Gasteiger partial charge in [-0.1, -0.05) is 19.1 Å². The molecule has 0 atom stereocenters. The minimum atomic E-state index is -0.493. The summed E-state index contributed by atoms with van der Waals surface area (Å²) in [5.74, 6) is -0.663. The van der Waals surface area contributed by atoms with E-state index in [0.717, 1.165) is 12.1 Å². The van der Waals surface area contributed by atoms with Crippen molar-refractivity contribution in [2.24, 2.45) is 0 Å². The van der Waals surface area contributed by atoms with Crippen LogP contribution in [0.2, 0.25) is 0 Å². The first-order valence-corrected chi connectivity index (χ1v) is 8.96. The number of aryl methyl sites for hydroxylation is 1. The van der Waals surface area contributed by atoms with E-state index >= 15 is 0 Å². The first-order chi connectivity index (χ1) is 12.0. The normalized spacial score (nSPS) is 19.2. The molecule has 1 aromatic carbocycles. The Morgan fingerprint density at radius 1 is 1.12 bits per heavy atom. The maximum Gasteiger partial charge on any atom is 0.242 e. The summed E-state index contributed by atoms with van der Waals surface area (Å²) in [5.41, 5.74) is 1.96. The number of likely N-dealkylation sites (tertiary alicyclic amines) is 1. The average Bonchev–Trinajstić information content (AvgIpc) is 3.08. The van der Waals surface area contributed by atoms with Crippen LogP contribution in [0, 0.1) is 0 Å². The summed E-state index contributed by atoms with van der Waals surface area (Å²) in [5, 5.41) is 0. The van der Waals surface area contributed by atoms with Crippen LogP contribution in [-0.2, 0) is 25.5 Å². The molecule has 0 aromatic heterocycles. The topological polar surface area (TPSA) is 59.1 Å². The average molecular weight is 346 g/mol. The van der Waals surface area contributed by atoms with Crippen LogP contribution in [-0.4, -0.2) is 55.3 Å². The van der Waals surface area contributed by atoms with E-state index < -0.39 is 5.79 Å². The van der Waals surface area contributed by atoms with Crippen LogP contribution in [0.1, 0.15) is 32.3 Å². The molecule has 0 bridgehead atoms. The predicted octanol–water partition coefficient (Wildman–Crippen LogP) is 1.97. The zero-order valence-corrected chi connectivity index (χ0v) is 15.0. The van der Waals surface area contributed by atoms with Crippen LogP contribution in [0.5, 0.6) is 0 Å². The van der Waals surface area contributed by atoms with Gasteiger partial charge in [-0.3, -0.25) is 9.59 Å². The maximum atomic E-state index is 12.7. The Bertz CT molecular complexity index is 613. The zero-order valence-electron chi connectivity index (χ0n) is 15.0. The van der Waals surface area contributed by atoms with Gasteiger partial charge < -0.3 is 19.3 Å².